The van der Waals surface area contributed by atoms with Gasteiger partial charge in [0.2, 0.25) is 5.78 Å². The fourth-order valence-corrected chi connectivity index (χ4v) is 3.88. The summed E-state index contributed by atoms with van der Waals surface area (Å²) in [4.78, 5) is 23.8. The van der Waals surface area contributed by atoms with E-state index in [1.54, 1.807) is 24.3 Å². The van der Waals surface area contributed by atoms with Crippen molar-refractivity contribution in [2.45, 2.75) is 27.2 Å². The molecule has 0 spiro atoms. The molecule has 1 heterocycles. The Bertz CT molecular complexity index is 1020. The number of nitrogens with zero attached hydrogens (tertiary/aromatic N) is 3. The van der Waals surface area contributed by atoms with Gasteiger partial charge in [0.1, 0.15) is 5.69 Å². The van der Waals surface area contributed by atoms with E-state index in [2.05, 4.69) is 42.9 Å². The Balaban J connectivity index is 1.78. The quantitative estimate of drug-likeness (QED) is 0.271. The number of hydrogen-bond donors (Lipinski definition) is 0. The summed E-state index contributed by atoms with van der Waals surface area (Å²) in [5.74, 6) is -0.0812. The first-order valence-electron chi connectivity index (χ1n) is 9.46. The lowest BCUT2D eigenvalue weighted by Gasteiger charge is -2.11. The van der Waals surface area contributed by atoms with Crippen LogP contribution < -0.4 is 0 Å². The lowest BCUT2D eigenvalue weighted by atomic mass is 9.99. The van der Waals surface area contributed by atoms with E-state index < -0.39 is 0 Å². The molecule has 29 heavy (non-hydrogen) atoms. The number of ketones is 1. The summed E-state index contributed by atoms with van der Waals surface area (Å²) in [5, 5.41) is 3.37. The molecule has 3 aromatic rings. The second-order valence-corrected chi connectivity index (χ2v) is 8.39. The van der Waals surface area contributed by atoms with Crippen LogP contribution in [0.4, 0.5) is 5.69 Å². The van der Waals surface area contributed by atoms with Crippen molar-refractivity contribution in [1.82, 2.24) is 9.88 Å². The van der Waals surface area contributed by atoms with E-state index in [0.29, 0.717) is 22.7 Å². The van der Waals surface area contributed by atoms with Crippen molar-refractivity contribution in [3.05, 3.63) is 79.8 Å². The maximum atomic E-state index is 12.6. The highest BCUT2D eigenvalue weighted by molar-refractivity contribution is 7.09. The summed E-state index contributed by atoms with van der Waals surface area (Å²) in [6.45, 7) is 7.20. The van der Waals surface area contributed by atoms with Crippen LogP contribution >= 0.6 is 22.9 Å². The molecule has 0 saturated carbocycles. The van der Waals surface area contributed by atoms with Crippen molar-refractivity contribution < 1.29 is 4.79 Å². The van der Waals surface area contributed by atoms with Gasteiger partial charge in [0.05, 0.1) is 17.0 Å². The van der Waals surface area contributed by atoms with E-state index in [9.17, 15) is 4.79 Å². The smallest absolute Gasteiger partial charge is 0.212 e. The van der Waals surface area contributed by atoms with Gasteiger partial charge < -0.3 is 4.90 Å². The van der Waals surface area contributed by atoms with Crippen LogP contribution in [0.5, 0.6) is 0 Å². The molecule has 6 heteroatoms. The minimum absolute atomic E-state index is 0.0812. The van der Waals surface area contributed by atoms with Gasteiger partial charge >= 0.3 is 0 Å². The molecule has 0 aliphatic heterocycles. The van der Waals surface area contributed by atoms with Gasteiger partial charge in [0, 0.05) is 36.0 Å². The molecule has 0 aliphatic rings. The van der Waals surface area contributed by atoms with Gasteiger partial charge in [0.15, 0.2) is 0 Å². The number of rotatable bonds is 7. The van der Waals surface area contributed by atoms with Crippen LogP contribution in [0.1, 0.15) is 44.7 Å². The van der Waals surface area contributed by atoms with E-state index in [0.717, 1.165) is 17.2 Å². The summed E-state index contributed by atoms with van der Waals surface area (Å²) in [5.41, 5.74) is 5.60. The lowest BCUT2D eigenvalue weighted by Crippen LogP contribution is -2.14. The molecule has 0 saturated heterocycles. The molecule has 4 nitrogen and oxygen atoms in total. The molecule has 0 aliphatic carbocycles. The molecule has 0 radical (unpaired) electrons. The van der Waals surface area contributed by atoms with Crippen LogP contribution in [0.25, 0.3) is 0 Å². The third-order valence-corrected chi connectivity index (χ3v) is 5.90. The molecular formula is C23H24ClN3OS. The largest absolute Gasteiger partial charge is 0.366 e. The molecule has 3 rings (SSSR count). The maximum absolute atomic E-state index is 12.6. The Kier molecular flexibility index (Phi) is 6.83. The monoisotopic (exact) mass is 425 g/mol. The molecule has 0 amide bonds. The number of aryl methyl sites for hydroxylation is 2. The zero-order valence-electron chi connectivity index (χ0n) is 17.1. The Labute approximate surface area is 180 Å². The van der Waals surface area contributed by atoms with Crippen LogP contribution in [0, 0.1) is 13.8 Å². The Morgan fingerprint density at radius 3 is 2.48 bits per heavy atom. The SMILES string of the molecule is CCN(C)C=Nc1cc(C)c(Cc2nc(C(=O)c3ccc(Cl)cc3)cs2)c(C)c1. The van der Waals surface area contributed by atoms with Gasteiger partial charge in [-0.1, -0.05) is 11.6 Å². The molecule has 150 valence electrons. The molecule has 0 N–H and O–H groups in total. The number of carbonyl (C=O) groups is 1. The van der Waals surface area contributed by atoms with Gasteiger partial charge in [-0.3, -0.25) is 4.79 Å². The molecule has 0 fully saturated rings. The molecule has 2 aromatic carbocycles. The number of aliphatic imine (C=N–C) groups is 1. The highest BCUT2D eigenvalue weighted by Gasteiger charge is 2.15. The topological polar surface area (TPSA) is 45.6 Å². The van der Waals surface area contributed by atoms with Crippen LogP contribution in [0.3, 0.4) is 0 Å². The van der Waals surface area contributed by atoms with Crippen molar-refractivity contribution in [2.24, 2.45) is 4.99 Å². The zero-order valence-corrected chi connectivity index (χ0v) is 18.6. The molecule has 1 aromatic heterocycles. The van der Waals surface area contributed by atoms with Crippen molar-refractivity contribution in [3.63, 3.8) is 0 Å². The van der Waals surface area contributed by atoms with Crippen molar-refractivity contribution in [2.75, 3.05) is 13.6 Å². The third-order valence-electron chi connectivity index (χ3n) is 4.80. The van der Waals surface area contributed by atoms with Gasteiger partial charge in [-0.2, -0.15) is 0 Å². The van der Waals surface area contributed by atoms with Gasteiger partial charge in [0.25, 0.3) is 0 Å². The summed E-state index contributed by atoms with van der Waals surface area (Å²) < 4.78 is 0. The summed E-state index contributed by atoms with van der Waals surface area (Å²) in [6, 6.07) is 11.1. The number of halogens is 1. The van der Waals surface area contributed by atoms with Crippen molar-refractivity contribution in [3.8, 4) is 0 Å². The fraction of sp³-hybridized carbons (Fsp3) is 0.261. The predicted octanol–water partition coefficient (Wildman–Crippen LogP) is 5.85. The number of hydrogen-bond acceptors (Lipinski definition) is 4. The average molecular weight is 426 g/mol. The molecular weight excluding hydrogens is 402 g/mol. The van der Waals surface area contributed by atoms with E-state index >= 15 is 0 Å². The van der Waals surface area contributed by atoms with E-state index in [4.69, 9.17) is 11.6 Å². The molecule has 0 bridgehead atoms. The van der Waals surface area contributed by atoms with Crippen LogP contribution in [-0.2, 0) is 6.42 Å². The van der Waals surface area contributed by atoms with Gasteiger partial charge in [-0.05, 0) is 73.9 Å². The first kappa shape index (κ1) is 21.2. The molecule has 0 atom stereocenters. The second-order valence-electron chi connectivity index (χ2n) is 7.02. The van der Waals surface area contributed by atoms with E-state index in [1.165, 1.54) is 28.0 Å². The first-order chi connectivity index (χ1) is 13.9. The van der Waals surface area contributed by atoms with Crippen molar-refractivity contribution in [1.29, 1.82) is 0 Å². The predicted molar refractivity (Wildman–Crippen MR) is 122 cm³/mol. The van der Waals surface area contributed by atoms with Crippen LogP contribution in [0.15, 0.2) is 46.8 Å². The van der Waals surface area contributed by atoms with E-state index in [1.807, 2.05) is 23.7 Å². The first-order valence-corrected chi connectivity index (χ1v) is 10.7. The van der Waals surface area contributed by atoms with E-state index in [-0.39, 0.29) is 5.78 Å². The number of carbonyl (C=O) groups excluding carboxylic acids is 1. The van der Waals surface area contributed by atoms with Crippen molar-refractivity contribution >= 4 is 40.7 Å². The van der Waals surface area contributed by atoms with Gasteiger partial charge in [-0.25, -0.2) is 9.98 Å². The highest BCUT2D eigenvalue weighted by Crippen LogP contribution is 2.26. The maximum Gasteiger partial charge on any atom is 0.212 e. The minimum Gasteiger partial charge on any atom is -0.366 e. The lowest BCUT2D eigenvalue weighted by molar-refractivity contribution is 0.103. The number of thiazole rings is 1. The standard InChI is InChI=1S/C23H24ClN3OS/c1-5-27(4)14-25-19-10-15(2)20(16(3)11-19)12-22-26-21(13-29-22)23(28)17-6-8-18(24)9-7-17/h6-11,13-14H,5,12H2,1-4H3. The Hall–Kier alpha value is -2.50. The number of aromatic nitrogens is 1. The van der Waals surface area contributed by atoms with Crippen LogP contribution in [0.2, 0.25) is 5.02 Å². The van der Waals surface area contributed by atoms with Gasteiger partial charge in [-0.15, -0.1) is 11.3 Å². The Morgan fingerprint density at radius 2 is 1.86 bits per heavy atom. The normalized spacial score (nSPS) is 11.2. The fourth-order valence-electron chi connectivity index (χ4n) is 2.97. The van der Waals surface area contributed by atoms with Crippen LogP contribution in [-0.4, -0.2) is 35.6 Å². The summed E-state index contributed by atoms with van der Waals surface area (Å²) in [7, 11) is 2.00. The summed E-state index contributed by atoms with van der Waals surface area (Å²) >= 11 is 7.42. The Morgan fingerprint density at radius 1 is 1.21 bits per heavy atom. The summed E-state index contributed by atoms with van der Waals surface area (Å²) in [6.07, 6.45) is 2.55. The second kappa shape index (κ2) is 9.33. The highest BCUT2D eigenvalue weighted by atomic mass is 35.5. The average Bonchev–Trinajstić information content (AvgIpc) is 3.17. The third kappa shape index (κ3) is 5.31. The number of benzene rings is 2. The zero-order chi connectivity index (χ0) is 21.0. The molecule has 0 unspecified atom stereocenters. The minimum atomic E-state index is -0.0812.